The molecule has 15 heteroatoms. The van der Waals surface area contributed by atoms with Crippen LogP contribution in [0.3, 0.4) is 0 Å². The first-order valence-corrected chi connectivity index (χ1v) is 21.1. The fourth-order valence-corrected chi connectivity index (χ4v) is 7.67. The number of amides is 3. The predicted molar refractivity (Wildman–Crippen MR) is 211 cm³/mol. The zero-order chi connectivity index (χ0) is 41.1. The van der Waals surface area contributed by atoms with Gasteiger partial charge < -0.3 is 33.7 Å². The van der Waals surface area contributed by atoms with Gasteiger partial charge in [0.2, 0.25) is 12.3 Å². The molecular weight excluding hydrogens is 744 g/mol. The van der Waals surface area contributed by atoms with Crippen molar-refractivity contribution in [2.45, 2.75) is 105 Å². The summed E-state index contributed by atoms with van der Waals surface area (Å²) in [4.78, 5) is 57.3. The average Bonchev–Trinajstić information content (AvgIpc) is 3.68. The number of rotatable bonds is 26. The van der Waals surface area contributed by atoms with Crippen molar-refractivity contribution < 1.29 is 51.2 Å². The van der Waals surface area contributed by atoms with Gasteiger partial charge in [0.15, 0.2) is 5.76 Å². The molecule has 0 fully saturated rings. The molecule has 3 amide bonds. The van der Waals surface area contributed by atoms with Crippen LogP contribution in [-0.4, -0.2) is 61.8 Å². The van der Waals surface area contributed by atoms with Gasteiger partial charge in [0.25, 0.3) is 5.91 Å². The number of halogens is 1. The molecule has 0 aliphatic carbocycles. The van der Waals surface area contributed by atoms with Crippen LogP contribution in [0.5, 0.6) is 5.75 Å². The molecule has 0 aliphatic heterocycles. The van der Waals surface area contributed by atoms with Gasteiger partial charge in [0, 0.05) is 5.56 Å². The van der Waals surface area contributed by atoms with Crippen molar-refractivity contribution >= 4 is 37.1 Å². The maximum atomic E-state index is 14.5. The topological polar surface area (TPSA) is 163 Å². The van der Waals surface area contributed by atoms with E-state index < -0.39 is 43.2 Å². The van der Waals surface area contributed by atoms with Crippen molar-refractivity contribution in [2.24, 2.45) is 5.92 Å². The van der Waals surface area contributed by atoms with Crippen LogP contribution in [0.1, 0.15) is 119 Å². The molecule has 3 rings (SSSR count). The van der Waals surface area contributed by atoms with Gasteiger partial charge in [-0.2, -0.15) is 5.06 Å². The second-order valence-electron chi connectivity index (χ2n) is 13.3. The first-order chi connectivity index (χ1) is 27.0. The van der Waals surface area contributed by atoms with E-state index in [1.54, 1.807) is 44.2 Å². The lowest BCUT2D eigenvalue weighted by Gasteiger charge is -2.32. The summed E-state index contributed by atoms with van der Waals surface area (Å²) < 4.78 is 52.0. The summed E-state index contributed by atoms with van der Waals surface area (Å²) in [7, 11) is -3.73. The molecule has 1 heterocycles. The number of furan rings is 1. The van der Waals surface area contributed by atoms with Crippen LogP contribution in [0, 0.1) is 18.7 Å². The summed E-state index contributed by atoms with van der Waals surface area (Å²) in [5.41, 5.74) is 0.517. The van der Waals surface area contributed by atoms with E-state index >= 15 is 0 Å². The number of aryl methyl sites for hydroxylation is 1. The lowest BCUT2D eigenvalue weighted by atomic mass is 9.90. The highest BCUT2D eigenvalue weighted by atomic mass is 31.2. The van der Waals surface area contributed by atoms with Crippen LogP contribution in [0.15, 0.2) is 52.9 Å². The number of hydrogen-bond donors (Lipinski definition) is 2. The molecule has 3 aromatic rings. The van der Waals surface area contributed by atoms with E-state index in [-0.39, 0.29) is 37.6 Å². The summed E-state index contributed by atoms with van der Waals surface area (Å²) in [6, 6.07) is 11.3. The highest BCUT2D eigenvalue weighted by Gasteiger charge is 2.34. The van der Waals surface area contributed by atoms with E-state index in [1.807, 2.05) is 27.7 Å². The molecule has 2 atom stereocenters. The number of hydrogen-bond acceptors (Lipinski definition) is 10. The number of carbonyl (C=O) groups is 4. The summed E-state index contributed by atoms with van der Waals surface area (Å²) in [6.45, 7) is 11.7. The third kappa shape index (κ3) is 13.0. The van der Waals surface area contributed by atoms with Gasteiger partial charge in [0.1, 0.15) is 22.9 Å². The molecule has 0 saturated carbocycles. The second-order valence-corrected chi connectivity index (χ2v) is 15.3. The number of hydroxylamine groups is 2. The first kappa shape index (κ1) is 45.9. The minimum atomic E-state index is -3.73. The summed E-state index contributed by atoms with van der Waals surface area (Å²) in [5.74, 6) is -3.10. The van der Waals surface area contributed by atoms with Crippen molar-refractivity contribution in [3.05, 3.63) is 71.2 Å². The third-order valence-corrected chi connectivity index (χ3v) is 11.0. The molecule has 0 aliphatic rings. The van der Waals surface area contributed by atoms with Crippen molar-refractivity contribution in [2.75, 3.05) is 26.5 Å². The van der Waals surface area contributed by atoms with Crippen molar-refractivity contribution in [3.63, 3.8) is 0 Å². The zero-order valence-corrected chi connectivity index (χ0v) is 34.3. The number of ether oxygens (including phenoxy) is 1. The van der Waals surface area contributed by atoms with Crippen LogP contribution < -0.4 is 20.7 Å². The minimum Gasteiger partial charge on any atom is -0.494 e. The monoisotopic (exact) mass is 801 g/mol. The number of benzene rings is 2. The van der Waals surface area contributed by atoms with Gasteiger partial charge in [-0.25, -0.2) is 9.18 Å². The predicted octanol–water partition coefficient (Wildman–Crippen LogP) is 8.25. The van der Waals surface area contributed by atoms with Crippen LogP contribution in [0.2, 0.25) is 0 Å². The normalized spacial score (nSPS) is 12.4. The maximum absolute atomic E-state index is 14.5. The van der Waals surface area contributed by atoms with E-state index in [1.165, 1.54) is 12.1 Å². The Balaban J connectivity index is 1.76. The van der Waals surface area contributed by atoms with E-state index in [0.717, 1.165) is 36.8 Å². The van der Waals surface area contributed by atoms with Crippen molar-refractivity contribution in [1.82, 2.24) is 15.7 Å². The molecule has 56 heavy (non-hydrogen) atoms. The lowest BCUT2D eigenvalue weighted by molar-refractivity contribution is -0.171. The molecule has 0 radical (unpaired) electrons. The minimum absolute atomic E-state index is 0.0485. The van der Waals surface area contributed by atoms with Gasteiger partial charge >= 0.3 is 13.6 Å². The summed E-state index contributed by atoms with van der Waals surface area (Å²) in [6.07, 6.45) is 6.37. The fourth-order valence-electron chi connectivity index (χ4n) is 5.98. The number of nitrogens with one attached hydrogen (secondary N) is 2. The molecule has 0 bridgehead atoms. The Kier molecular flexibility index (Phi) is 19.3. The zero-order valence-electron chi connectivity index (χ0n) is 33.4. The van der Waals surface area contributed by atoms with Gasteiger partial charge in [-0.15, -0.1) is 0 Å². The van der Waals surface area contributed by atoms with Gasteiger partial charge in [0.05, 0.1) is 43.8 Å². The van der Waals surface area contributed by atoms with Crippen LogP contribution >= 0.6 is 7.60 Å². The molecule has 0 unspecified atom stereocenters. The largest absolute Gasteiger partial charge is 0.494 e. The average molecular weight is 802 g/mol. The Morgan fingerprint density at radius 1 is 0.911 bits per heavy atom. The molecule has 2 N–H and O–H groups in total. The highest BCUT2D eigenvalue weighted by Crippen LogP contribution is 2.49. The van der Waals surface area contributed by atoms with Gasteiger partial charge in [-0.1, -0.05) is 71.9 Å². The quantitative estimate of drug-likeness (QED) is 0.0266. The molecule has 0 saturated heterocycles. The number of carbonyl (C=O) groups excluding carboxylic acids is 4. The smallest absolute Gasteiger partial charge is 0.366 e. The standard InChI is InChI=1S/C41H57FN3O10P/c1-7-12-15-18-33(35(10-4)45(28-46)55-41(49)38-29(6)17-16-19-34(38)42)39(47)43-27-44-40(48)37-21-20-36(54-37)30-24-31(51-11-5)26-32(25-30)56(50,52-22-13-8-2)53-23-14-9-3/h16-17,19-21,24-26,28,33,35H,7-15,18,22-23,27H2,1-6H3,(H,43,47)(H,44,48)/t33-,35-/m1/s1. The fraction of sp³-hybridized carbons (Fsp3) is 0.512. The molecule has 0 spiro atoms. The van der Waals surface area contributed by atoms with Gasteiger partial charge in [-0.05, 0) is 81.5 Å². The Morgan fingerprint density at radius 3 is 2.21 bits per heavy atom. The van der Waals surface area contributed by atoms with E-state index in [0.29, 0.717) is 66.6 Å². The molecule has 13 nitrogen and oxygen atoms in total. The van der Waals surface area contributed by atoms with E-state index in [9.17, 15) is 28.1 Å². The number of nitrogens with zero attached hydrogens (tertiary/aromatic N) is 1. The van der Waals surface area contributed by atoms with Gasteiger partial charge in [-0.3, -0.25) is 18.9 Å². The molecule has 2 aromatic carbocycles. The van der Waals surface area contributed by atoms with E-state index in [2.05, 4.69) is 10.6 Å². The molecular formula is C41H57FN3O10P. The summed E-state index contributed by atoms with van der Waals surface area (Å²) in [5, 5.41) is 6.40. The Hall–Kier alpha value is -4.52. The van der Waals surface area contributed by atoms with Crippen LogP contribution in [0.25, 0.3) is 11.3 Å². The van der Waals surface area contributed by atoms with Crippen LogP contribution in [-0.2, 0) is 28.0 Å². The maximum Gasteiger partial charge on any atom is 0.366 e. The molecule has 308 valence electrons. The van der Waals surface area contributed by atoms with Crippen molar-refractivity contribution in [1.29, 1.82) is 0 Å². The molecule has 1 aromatic heterocycles. The lowest BCUT2D eigenvalue weighted by Crippen LogP contribution is -2.49. The Labute approximate surface area is 329 Å². The highest BCUT2D eigenvalue weighted by molar-refractivity contribution is 7.62. The third-order valence-electron chi connectivity index (χ3n) is 9.05. The SMILES string of the molecule is CCCCC[C@@H](C(=O)NCNC(=O)c1ccc(-c2cc(OCC)cc(P(=O)(OCCCC)OCCCC)c2)o1)[C@@H](CC)N(C=O)OC(=O)c1c(C)cccc1F. The van der Waals surface area contributed by atoms with E-state index in [4.69, 9.17) is 23.0 Å². The Bertz CT molecular complexity index is 1750. The van der Waals surface area contributed by atoms with Crippen molar-refractivity contribution in [3.8, 4) is 17.1 Å². The summed E-state index contributed by atoms with van der Waals surface area (Å²) >= 11 is 0. The van der Waals surface area contributed by atoms with Crippen LogP contribution in [0.4, 0.5) is 4.39 Å². The first-order valence-electron chi connectivity index (χ1n) is 19.5. The number of unbranched alkanes of at least 4 members (excludes halogenated alkanes) is 4. The second kappa shape index (κ2) is 23.5. The Morgan fingerprint density at radius 2 is 1.61 bits per heavy atom.